The standard InChI is InChI=1S/C17H17N5O3/c1-12-9-15(25-20-12)17(23)21-7-8-24-10-14(21)16-18-11-19-22(16)13-5-3-2-4-6-13/h2-6,9,11,14H,7-8,10H2,1H3/t14-/m1/s1. The third-order valence-corrected chi connectivity index (χ3v) is 4.10. The van der Waals surface area contributed by atoms with E-state index < -0.39 is 0 Å². The quantitative estimate of drug-likeness (QED) is 0.723. The SMILES string of the molecule is Cc1cc(C(=O)N2CCOC[C@@H]2c2ncnn2-c2ccccc2)on1. The predicted octanol–water partition coefficient (Wildman–Crippen LogP) is 1.78. The summed E-state index contributed by atoms with van der Waals surface area (Å²) < 4.78 is 12.5. The molecule has 4 rings (SSSR count). The maximum absolute atomic E-state index is 12.8. The Morgan fingerprint density at radius 2 is 2.12 bits per heavy atom. The normalized spacial score (nSPS) is 17.6. The number of carbonyl (C=O) groups is 1. The van der Waals surface area contributed by atoms with Gasteiger partial charge in [0.05, 0.1) is 24.6 Å². The van der Waals surface area contributed by atoms with Crippen LogP contribution < -0.4 is 0 Å². The second-order valence-electron chi connectivity index (χ2n) is 5.79. The number of rotatable bonds is 3. The zero-order chi connectivity index (χ0) is 17.2. The van der Waals surface area contributed by atoms with Gasteiger partial charge in [0, 0.05) is 12.6 Å². The van der Waals surface area contributed by atoms with Crippen molar-refractivity contribution in [1.82, 2.24) is 24.8 Å². The second-order valence-corrected chi connectivity index (χ2v) is 5.79. The Kier molecular flexibility index (Phi) is 4.02. The lowest BCUT2D eigenvalue weighted by atomic mass is 10.2. The number of hydrogen-bond donors (Lipinski definition) is 0. The van der Waals surface area contributed by atoms with E-state index in [4.69, 9.17) is 9.26 Å². The van der Waals surface area contributed by atoms with E-state index in [2.05, 4.69) is 15.2 Å². The molecule has 0 unspecified atom stereocenters. The first-order valence-electron chi connectivity index (χ1n) is 8.01. The molecule has 8 heteroatoms. The van der Waals surface area contributed by atoms with Gasteiger partial charge >= 0.3 is 0 Å². The average Bonchev–Trinajstić information content (AvgIpc) is 3.31. The van der Waals surface area contributed by atoms with Crippen molar-refractivity contribution < 1.29 is 14.1 Å². The summed E-state index contributed by atoms with van der Waals surface area (Å²) in [5, 5.41) is 8.11. The molecule has 1 aliphatic rings. The number of amides is 1. The first kappa shape index (κ1) is 15.5. The molecule has 0 spiro atoms. The molecule has 1 amide bonds. The Morgan fingerprint density at radius 3 is 2.88 bits per heavy atom. The minimum Gasteiger partial charge on any atom is -0.377 e. The molecule has 25 heavy (non-hydrogen) atoms. The van der Waals surface area contributed by atoms with Gasteiger partial charge in [0.2, 0.25) is 5.76 Å². The van der Waals surface area contributed by atoms with E-state index in [1.54, 1.807) is 22.6 Å². The van der Waals surface area contributed by atoms with Crippen molar-refractivity contribution in [2.75, 3.05) is 19.8 Å². The highest BCUT2D eigenvalue weighted by molar-refractivity contribution is 5.91. The van der Waals surface area contributed by atoms with E-state index in [0.29, 0.717) is 31.3 Å². The van der Waals surface area contributed by atoms with Gasteiger partial charge in [0.15, 0.2) is 5.82 Å². The van der Waals surface area contributed by atoms with Crippen molar-refractivity contribution in [3.05, 3.63) is 60.0 Å². The second kappa shape index (κ2) is 6.48. The Morgan fingerprint density at radius 1 is 1.28 bits per heavy atom. The summed E-state index contributed by atoms with van der Waals surface area (Å²) in [5.74, 6) is 0.641. The van der Waals surface area contributed by atoms with Crippen LogP contribution in [-0.4, -0.2) is 50.5 Å². The molecule has 1 fully saturated rings. The molecule has 3 heterocycles. The van der Waals surface area contributed by atoms with Gasteiger partial charge in [-0.3, -0.25) is 4.79 Å². The molecule has 1 saturated heterocycles. The molecule has 0 N–H and O–H groups in total. The van der Waals surface area contributed by atoms with Crippen LogP contribution in [0, 0.1) is 6.92 Å². The third kappa shape index (κ3) is 2.91. The maximum Gasteiger partial charge on any atom is 0.293 e. The van der Waals surface area contributed by atoms with E-state index in [0.717, 1.165) is 5.69 Å². The van der Waals surface area contributed by atoms with Gasteiger partial charge in [-0.15, -0.1) is 0 Å². The van der Waals surface area contributed by atoms with Gasteiger partial charge in [-0.25, -0.2) is 9.67 Å². The molecule has 1 aromatic carbocycles. The number of carbonyl (C=O) groups excluding carboxylic acids is 1. The summed E-state index contributed by atoms with van der Waals surface area (Å²) in [6.45, 7) is 3.05. The summed E-state index contributed by atoms with van der Waals surface area (Å²) in [6, 6.07) is 11.0. The molecule has 0 saturated carbocycles. The maximum atomic E-state index is 12.8. The van der Waals surface area contributed by atoms with E-state index in [1.807, 2.05) is 30.3 Å². The summed E-state index contributed by atoms with van der Waals surface area (Å²) >= 11 is 0. The highest BCUT2D eigenvalue weighted by Crippen LogP contribution is 2.26. The largest absolute Gasteiger partial charge is 0.377 e. The van der Waals surface area contributed by atoms with Crippen LogP contribution in [0.4, 0.5) is 0 Å². The van der Waals surface area contributed by atoms with Crippen LogP contribution in [0.15, 0.2) is 47.2 Å². The summed E-state index contributed by atoms with van der Waals surface area (Å²) in [7, 11) is 0. The van der Waals surface area contributed by atoms with Gasteiger partial charge in [0.1, 0.15) is 12.4 Å². The highest BCUT2D eigenvalue weighted by Gasteiger charge is 2.34. The molecule has 0 aliphatic carbocycles. The van der Waals surface area contributed by atoms with Crippen LogP contribution in [-0.2, 0) is 4.74 Å². The minimum atomic E-state index is -0.352. The number of para-hydroxylation sites is 1. The van der Waals surface area contributed by atoms with Crippen LogP contribution in [0.25, 0.3) is 5.69 Å². The molecule has 128 valence electrons. The number of morpholine rings is 1. The predicted molar refractivity (Wildman–Crippen MR) is 87.2 cm³/mol. The first-order chi connectivity index (χ1) is 12.2. The van der Waals surface area contributed by atoms with E-state index in [9.17, 15) is 4.79 Å². The molecule has 8 nitrogen and oxygen atoms in total. The van der Waals surface area contributed by atoms with Crippen molar-refractivity contribution in [3.8, 4) is 5.69 Å². The zero-order valence-electron chi connectivity index (χ0n) is 13.7. The van der Waals surface area contributed by atoms with Gasteiger partial charge in [-0.05, 0) is 19.1 Å². The Hall–Kier alpha value is -3.00. The third-order valence-electron chi connectivity index (χ3n) is 4.10. The van der Waals surface area contributed by atoms with Crippen molar-refractivity contribution in [2.45, 2.75) is 13.0 Å². The fourth-order valence-corrected chi connectivity index (χ4v) is 2.91. The number of ether oxygens (including phenoxy) is 1. The average molecular weight is 339 g/mol. The lowest BCUT2D eigenvalue weighted by Crippen LogP contribution is -2.44. The smallest absolute Gasteiger partial charge is 0.293 e. The van der Waals surface area contributed by atoms with E-state index >= 15 is 0 Å². The summed E-state index contributed by atoms with van der Waals surface area (Å²) in [6.07, 6.45) is 1.48. The van der Waals surface area contributed by atoms with Crippen LogP contribution in [0.2, 0.25) is 0 Å². The molecule has 3 aromatic rings. The van der Waals surface area contributed by atoms with Gasteiger partial charge in [0.25, 0.3) is 5.91 Å². The topological polar surface area (TPSA) is 86.3 Å². The molecular formula is C17H17N5O3. The van der Waals surface area contributed by atoms with Crippen molar-refractivity contribution in [3.63, 3.8) is 0 Å². The lowest BCUT2D eigenvalue weighted by molar-refractivity contribution is -0.00769. The van der Waals surface area contributed by atoms with Crippen molar-refractivity contribution in [1.29, 1.82) is 0 Å². The van der Waals surface area contributed by atoms with Crippen LogP contribution in [0.3, 0.4) is 0 Å². The zero-order valence-corrected chi connectivity index (χ0v) is 13.7. The van der Waals surface area contributed by atoms with E-state index in [1.165, 1.54) is 6.33 Å². The molecule has 2 aromatic heterocycles. The van der Waals surface area contributed by atoms with Crippen LogP contribution >= 0.6 is 0 Å². The Bertz CT molecular complexity index is 873. The molecule has 0 bridgehead atoms. The molecule has 0 radical (unpaired) electrons. The molecule has 1 aliphatic heterocycles. The van der Waals surface area contributed by atoms with Crippen molar-refractivity contribution >= 4 is 5.91 Å². The summed E-state index contributed by atoms with van der Waals surface area (Å²) in [4.78, 5) is 18.9. The number of hydrogen-bond acceptors (Lipinski definition) is 6. The highest BCUT2D eigenvalue weighted by atomic mass is 16.5. The van der Waals surface area contributed by atoms with E-state index in [-0.39, 0.29) is 17.7 Å². The number of benzene rings is 1. The molecule has 1 atom stereocenters. The van der Waals surface area contributed by atoms with Crippen LogP contribution in [0.1, 0.15) is 28.1 Å². The van der Waals surface area contributed by atoms with Crippen LogP contribution in [0.5, 0.6) is 0 Å². The monoisotopic (exact) mass is 339 g/mol. The number of nitrogens with zero attached hydrogens (tertiary/aromatic N) is 5. The van der Waals surface area contributed by atoms with Gasteiger partial charge in [-0.2, -0.15) is 5.10 Å². The number of aromatic nitrogens is 4. The summed E-state index contributed by atoms with van der Waals surface area (Å²) in [5.41, 5.74) is 1.55. The Labute approximate surface area is 144 Å². The molecular weight excluding hydrogens is 322 g/mol. The number of aryl methyl sites for hydroxylation is 1. The Balaban J connectivity index is 1.69. The first-order valence-corrected chi connectivity index (χ1v) is 8.01. The van der Waals surface area contributed by atoms with Gasteiger partial charge in [-0.1, -0.05) is 23.4 Å². The van der Waals surface area contributed by atoms with Crippen molar-refractivity contribution in [2.24, 2.45) is 0 Å². The lowest BCUT2D eigenvalue weighted by Gasteiger charge is -2.34. The minimum absolute atomic E-state index is 0.218. The fraction of sp³-hybridized carbons (Fsp3) is 0.294. The fourth-order valence-electron chi connectivity index (χ4n) is 2.91. The van der Waals surface area contributed by atoms with Gasteiger partial charge < -0.3 is 14.2 Å².